The van der Waals surface area contributed by atoms with E-state index < -0.39 is 0 Å². The van der Waals surface area contributed by atoms with Gasteiger partial charge in [0, 0.05) is 25.6 Å². The number of carbonyl (C=O) groups excluding carboxylic acids is 1. The molecule has 122 valence electrons. The maximum absolute atomic E-state index is 12.2. The fourth-order valence-corrected chi connectivity index (χ4v) is 3.59. The van der Waals surface area contributed by atoms with Gasteiger partial charge in [-0.05, 0) is 44.2 Å². The second kappa shape index (κ2) is 8.32. The minimum Gasteiger partial charge on any atom is -0.381 e. The first-order chi connectivity index (χ1) is 9.83. The highest BCUT2D eigenvalue weighted by molar-refractivity contribution is 5.85. The van der Waals surface area contributed by atoms with Gasteiger partial charge in [0.2, 0.25) is 5.91 Å². The zero-order valence-corrected chi connectivity index (χ0v) is 13.4. The molecule has 3 aliphatic rings. The molecule has 0 aromatic heterocycles. The molecule has 3 rings (SSSR count). The average molecular weight is 319 g/mol. The molecule has 1 amide bonds. The van der Waals surface area contributed by atoms with Crippen molar-refractivity contribution in [3.63, 3.8) is 0 Å². The van der Waals surface area contributed by atoms with Crippen LogP contribution in [0, 0.1) is 17.8 Å². The molecule has 3 heterocycles. The first-order valence-electron chi connectivity index (χ1n) is 7.97. The molecular weight excluding hydrogens is 292 g/mol. The molecule has 3 aliphatic heterocycles. The highest BCUT2D eigenvalue weighted by Crippen LogP contribution is 2.27. The molecule has 0 radical (unpaired) electrons. The van der Waals surface area contributed by atoms with Gasteiger partial charge in [0.1, 0.15) is 6.61 Å². The standard InChI is InChI=1S/C15H26N2O3.ClH/c18-15(11-20-10-12-3-6-19-9-12)17-4-1-13-7-16-8-14(13)2-5-17;/h12-14,16H,1-11H2;1H/t12?,13-,14+;. The van der Waals surface area contributed by atoms with Gasteiger partial charge in [-0.15, -0.1) is 12.4 Å². The molecule has 1 unspecified atom stereocenters. The van der Waals surface area contributed by atoms with Gasteiger partial charge in [-0.1, -0.05) is 0 Å². The summed E-state index contributed by atoms with van der Waals surface area (Å²) in [5.74, 6) is 2.18. The van der Waals surface area contributed by atoms with Crippen molar-refractivity contribution in [2.45, 2.75) is 19.3 Å². The van der Waals surface area contributed by atoms with Crippen molar-refractivity contribution in [3.05, 3.63) is 0 Å². The third-order valence-corrected chi connectivity index (χ3v) is 4.98. The zero-order valence-electron chi connectivity index (χ0n) is 12.6. The highest BCUT2D eigenvalue weighted by atomic mass is 35.5. The van der Waals surface area contributed by atoms with Gasteiger partial charge in [-0.3, -0.25) is 4.79 Å². The molecule has 1 N–H and O–H groups in total. The fraction of sp³-hybridized carbons (Fsp3) is 0.933. The second-order valence-corrected chi connectivity index (χ2v) is 6.38. The third kappa shape index (κ3) is 4.55. The first-order valence-corrected chi connectivity index (χ1v) is 7.97. The van der Waals surface area contributed by atoms with Crippen LogP contribution in [0.1, 0.15) is 19.3 Å². The Morgan fingerprint density at radius 3 is 2.52 bits per heavy atom. The number of halogens is 1. The van der Waals surface area contributed by atoms with E-state index in [0.717, 1.165) is 70.5 Å². The molecule has 3 fully saturated rings. The monoisotopic (exact) mass is 318 g/mol. The van der Waals surface area contributed by atoms with Gasteiger partial charge in [0.05, 0.1) is 13.2 Å². The van der Waals surface area contributed by atoms with Crippen LogP contribution in [0.4, 0.5) is 0 Å². The van der Waals surface area contributed by atoms with Crippen molar-refractivity contribution in [1.29, 1.82) is 0 Å². The SMILES string of the molecule is Cl.O=C(COCC1CCOC1)N1CC[C@@H]2CNC[C@@H]2CC1. The van der Waals surface area contributed by atoms with E-state index >= 15 is 0 Å². The van der Waals surface area contributed by atoms with Crippen molar-refractivity contribution in [2.24, 2.45) is 17.8 Å². The summed E-state index contributed by atoms with van der Waals surface area (Å²) in [7, 11) is 0. The summed E-state index contributed by atoms with van der Waals surface area (Å²) >= 11 is 0. The number of fused-ring (bicyclic) bond motifs is 1. The summed E-state index contributed by atoms with van der Waals surface area (Å²) in [6.07, 6.45) is 3.34. The van der Waals surface area contributed by atoms with Crippen LogP contribution in [0.5, 0.6) is 0 Å². The molecule has 3 saturated heterocycles. The molecule has 5 nitrogen and oxygen atoms in total. The third-order valence-electron chi connectivity index (χ3n) is 4.98. The van der Waals surface area contributed by atoms with Crippen LogP contribution in [0.2, 0.25) is 0 Å². The molecule has 3 atom stereocenters. The van der Waals surface area contributed by atoms with Gasteiger partial charge in [0.25, 0.3) is 0 Å². The summed E-state index contributed by atoms with van der Waals surface area (Å²) in [5, 5.41) is 3.46. The lowest BCUT2D eigenvalue weighted by atomic mass is 9.92. The van der Waals surface area contributed by atoms with Gasteiger partial charge in [-0.25, -0.2) is 0 Å². The molecule has 0 saturated carbocycles. The Balaban J connectivity index is 0.00000161. The van der Waals surface area contributed by atoms with Crippen LogP contribution >= 0.6 is 12.4 Å². The van der Waals surface area contributed by atoms with Crippen LogP contribution in [0.25, 0.3) is 0 Å². The number of nitrogens with one attached hydrogen (secondary N) is 1. The van der Waals surface area contributed by atoms with Crippen LogP contribution in [0.3, 0.4) is 0 Å². The maximum Gasteiger partial charge on any atom is 0.248 e. The Bertz CT molecular complexity index is 323. The van der Waals surface area contributed by atoms with E-state index in [-0.39, 0.29) is 24.9 Å². The number of nitrogens with zero attached hydrogens (tertiary/aromatic N) is 1. The van der Waals surface area contributed by atoms with Crippen LogP contribution in [0.15, 0.2) is 0 Å². The van der Waals surface area contributed by atoms with Crippen molar-refractivity contribution < 1.29 is 14.3 Å². The average Bonchev–Trinajstić information content (AvgIpc) is 3.08. The van der Waals surface area contributed by atoms with Gasteiger partial charge >= 0.3 is 0 Å². The largest absolute Gasteiger partial charge is 0.381 e. The molecule has 0 aromatic carbocycles. The summed E-state index contributed by atoms with van der Waals surface area (Å²) in [4.78, 5) is 14.2. The van der Waals surface area contributed by atoms with E-state index in [1.165, 1.54) is 0 Å². The predicted molar refractivity (Wildman–Crippen MR) is 82.7 cm³/mol. The summed E-state index contributed by atoms with van der Waals surface area (Å²) in [6, 6.07) is 0. The van der Waals surface area contributed by atoms with Crippen LogP contribution < -0.4 is 5.32 Å². The van der Waals surface area contributed by atoms with Crippen molar-refractivity contribution in [2.75, 3.05) is 52.6 Å². The number of ether oxygens (including phenoxy) is 2. The Morgan fingerprint density at radius 2 is 1.90 bits per heavy atom. The summed E-state index contributed by atoms with van der Waals surface area (Å²) in [5.41, 5.74) is 0. The molecule has 0 bridgehead atoms. The predicted octanol–water partition coefficient (Wildman–Crippen LogP) is 0.919. The summed E-state index contributed by atoms with van der Waals surface area (Å²) in [6.45, 7) is 6.59. The summed E-state index contributed by atoms with van der Waals surface area (Å²) < 4.78 is 10.9. The Kier molecular flexibility index (Phi) is 6.74. The lowest BCUT2D eigenvalue weighted by molar-refractivity contribution is -0.136. The topological polar surface area (TPSA) is 50.8 Å². The van der Waals surface area contributed by atoms with Crippen molar-refractivity contribution >= 4 is 18.3 Å². The maximum atomic E-state index is 12.2. The first kappa shape index (κ1) is 17.0. The minimum absolute atomic E-state index is 0. The van der Waals surface area contributed by atoms with E-state index in [0.29, 0.717) is 12.5 Å². The Labute approximate surface area is 133 Å². The van der Waals surface area contributed by atoms with Gasteiger partial charge in [-0.2, -0.15) is 0 Å². The van der Waals surface area contributed by atoms with E-state index in [1.807, 2.05) is 4.90 Å². The number of carbonyl (C=O) groups is 1. The quantitative estimate of drug-likeness (QED) is 0.837. The molecular formula is C15H27ClN2O3. The van der Waals surface area contributed by atoms with Crippen molar-refractivity contribution in [1.82, 2.24) is 10.2 Å². The lowest BCUT2D eigenvalue weighted by Gasteiger charge is -2.21. The number of likely N-dealkylation sites (tertiary alicyclic amines) is 1. The molecule has 0 aromatic rings. The van der Waals surface area contributed by atoms with E-state index in [9.17, 15) is 4.79 Å². The Morgan fingerprint density at radius 1 is 1.19 bits per heavy atom. The van der Waals surface area contributed by atoms with Crippen molar-refractivity contribution in [3.8, 4) is 0 Å². The van der Waals surface area contributed by atoms with E-state index in [4.69, 9.17) is 9.47 Å². The highest BCUT2D eigenvalue weighted by Gasteiger charge is 2.31. The van der Waals surface area contributed by atoms with E-state index in [1.54, 1.807) is 0 Å². The molecule has 21 heavy (non-hydrogen) atoms. The number of rotatable bonds is 4. The van der Waals surface area contributed by atoms with Crippen LogP contribution in [-0.4, -0.2) is 63.4 Å². The van der Waals surface area contributed by atoms with Crippen LogP contribution in [-0.2, 0) is 14.3 Å². The fourth-order valence-electron chi connectivity index (χ4n) is 3.59. The minimum atomic E-state index is 0. The number of hydrogen-bond donors (Lipinski definition) is 1. The smallest absolute Gasteiger partial charge is 0.248 e. The second-order valence-electron chi connectivity index (χ2n) is 6.38. The number of amides is 1. The normalized spacial score (nSPS) is 32.4. The lowest BCUT2D eigenvalue weighted by Crippen LogP contribution is -2.35. The Hall–Kier alpha value is -0.360. The molecule has 0 spiro atoms. The van der Waals surface area contributed by atoms with Gasteiger partial charge in [0.15, 0.2) is 0 Å². The molecule has 6 heteroatoms. The number of hydrogen-bond acceptors (Lipinski definition) is 4. The van der Waals surface area contributed by atoms with E-state index in [2.05, 4.69) is 5.32 Å². The van der Waals surface area contributed by atoms with Gasteiger partial charge < -0.3 is 19.7 Å². The molecule has 0 aliphatic carbocycles. The zero-order chi connectivity index (χ0) is 13.8.